The lowest BCUT2D eigenvalue weighted by Gasteiger charge is -2.39. The Hall–Kier alpha value is -5.78. The van der Waals surface area contributed by atoms with Crippen molar-refractivity contribution in [1.29, 1.82) is 0 Å². The minimum absolute atomic E-state index is 0.00797. The average Bonchev–Trinajstić information content (AvgIpc) is 3.13. The van der Waals surface area contributed by atoms with Crippen LogP contribution in [-0.4, -0.2) is 17.9 Å². The number of nitro groups is 1. The summed E-state index contributed by atoms with van der Waals surface area (Å²) in [4.78, 5) is 10.9. The number of hydrogen-bond acceptors (Lipinski definition) is 4. The number of benzene rings is 6. The molecule has 6 aromatic rings. The second-order valence-electron chi connectivity index (χ2n) is 10.3. The Morgan fingerprint density at radius 2 is 1.11 bits per heavy atom. The summed E-state index contributed by atoms with van der Waals surface area (Å²) in [6.45, 7) is 0. The lowest BCUT2D eigenvalue weighted by Crippen LogP contribution is -2.46. The van der Waals surface area contributed by atoms with Crippen LogP contribution in [0.3, 0.4) is 0 Å². The SMILES string of the molecule is COc1ccc(/C(=N/[N-]c2ccc([N+](=O)[O-])cc2)N(c2ccccc2)[P+](c2ccccc2)(c2ccccc2)c2ccccc2)cc1. The van der Waals surface area contributed by atoms with Crippen molar-refractivity contribution in [3.05, 3.63) is 191 Å². The quantitative estimate of drug-likeness (QED) is 0.0505. The molecule has 0 saturated carbocycles. The first-order valence-electron chi connectivity index (χ1n) is 14.7. The van der Waals surface area contributed by atoms with Gasteiger partial charge in [-0.3, -0.25) is 10.1 Å². The molecule has 0 amide bonds. The Labute approximate surface area is 269 Å². The zero-order chi connectivity index (χ0) is 31.8. The number of hydrogen-bond donors (Lipinski definition) is 0. The lowest BCUT2D eigenvalue weighted by atomic mass is 10.2. The van der Waals surface area contributed by atoms with E-state index in [2.05, 4.69) is 95.0 Å². The molecule has 0 aliphatic rings. The number of nitrogens with zero attached hydrogens (tertiary/aromatic N) is 4. The molecule has 0 saturated heterocycles. The molecule has 226 valence electrons. The Morgan fingerprint density at radius 3 is 1.54 bits per heavy atom. The first-order valence-corrected chi connectivity index (χ1v) is 16.4. The summed E-state index contributed by atoms with van der Waals surface area (Å²) in [5.74, 6) is 1.33. The summed E-state index contributed by atoms with van der Waals surface area (Å²) in [5.41, 5.74) is 6.92. The van der Waals surface area contributed by atoms with Crippen LogP contribution in [0.1, 0.15) is 5.56 Å². The first-order chi connectivity index (χ1) is 22.6. The van der Waals surface area contributed by atoms with Gasteiger partial charge in [-0.1, -0.05) is 84.9 Å². The highest BCUT2D eigenvalue weighted by Gasteiger charge is 2.54. The first kappa shape index (κ1) is 30.3. The predicted octanol–water partition coefficient (Wildman–Crippen LogP) is 8.39. The average molecular weight is 623 g/mol. The van der Waals surface area contributed by atoms with E-state index in [1.54, 1.807) is 19.2 Å². The van der Waals surface area contributed by atoms with Crippen LogP contribution < -0.4 is 25.3 Å². The van der Waals surface area contributed by atoms with Gasteiger partial charge in [0.05, 0.1) is 17.7 Å². The van der Waals surface area contributed by atoms with Gasteiger partial charge in [0.2, 0.25) is 7.41 Å². The van der Waals surface area contributed by atoms with Gasteiger partial charge >= 0.3 is 0 Å². The van der Waals surface area contributed by atoms with E-state index in [0.717, 1.165) is 32.9 Å². The summed E-state index contributed by atoms with van der Waals surface area (Å²) >= 11 is 0. The van der Waals surface area contributed by atoms with Gasteiger partial charge in [-0.15, -0.1) is 5.69 Å². The molecule has 0 spiro atoms. The van der Waals surface area contributed by atoms with E-state index in [9.17, 15) is 10.1 Å². The van der Waals surface area contributed by atoms with Crippen LogP contribution >= 0.6 is 7.41 Å². The number of non-ortho nitro benzene ring substituents is 1. The highest BCUT2D eigenvalue weighted by atomic mass is 31.2. The van der Waals surface area contributed by atoms with Crippen molar-refractivity contribution in [2.45, 2.75) is 0 Å². The fourth-order valence-corrected chi connectivity index (χ4v) is 9.76. The Bertz CT molecular complexity index is 1810. The van der Waals surface area contributed by atoms with Crippen LogP contribution in [0.25, 0.3) is 5.43 Å². The lowest BCUT2D eigenvalue weighted by molar-refractivity contribution is -0.384. The standard InChI is InChI=1S/C38H31N4O3P/c1-45-34-28-22-30(23-29-34)38(40-39-31-24-26-33(27-25-31)42(43)44)41(32-14-6-2-7-15-32)46(35-16-8-3-9-17-35,36-18-10-4-11-19-36)37-20-12-5-13-21-37/h2-29H,1H3/b40-38-. The summed E-state index contributed by atoms with van der Waals surface area (Å²) in [5, 5.41) is 19.7. The van der Waals surface area contributed by atoms with Crippen LogP contribution in [0.4, 0.5) is 17.1 Å². The highest BCUT2D eigenvalue weighted by molar-refractivity contribution is 7.97. The molecule has 0 bridgehead atoms. The van der Waals surface area contributed by atoms with Crippen LogP contribution in [0.5, 0.6) is 5.75 Å². The van der Waals surface area contributed by atoms with Crippen molar-refractivity contribution in [2.75, 3.05) is 11.8 Å². The van der Waals surface area contributed by atoms with Gasteiger partial charge in [-0.25, -0.2) is 0 Å². The minimum atomic E-state index is -2.75. The maximum absolute atomic E-state index is 11.3. The Morgan fingerprint density at radius 1 is 0.652 bits per heavy atom. The van der Waals surface area contributed by atoms with E-state index < -0.39 is 12.3 Å². The van der Waals surface area contributed by atoms with E-state index in [-0.39, 0.29) is 5.69 Å². The largest absolute Gasteiger partial charge is 0.574 e. The molecule has 6 rings (SSSR count). The molecular formula is C38H31N4O3P. The Kier molecular flexibility index (Phi) is 9.14. The third-order valence-corrected chi connectivity index (χ3v) is 11.7. The number of para-hydroxylation sites is 1. The fraction of sp³-hybridized carbons (Fsp3) is 0.0263. The van der Waals surface area contributed by atoms with Gasteiger partial charge in [-0.05, 0) is 72.8 Å². The van der Waals surface area contributed by atoms with Gasteiger partial charge in [0, 0.05) is 17.7 Å². The van der Waals surface area contributed by atoms with Crippen molar-refractivity contribution < 1.29 is 9.66 Å². The summed E-state index contributed by atoms with van der Waals surface area (Å²) in [7, 11) is -1.11. The van der Waals surface area contributed by atoms with Gasteiger partial charge in [-0.2, -0.15) is 4.67 Å². The molecule has 0 aromatic heterocycles. The number of rotatable bonds is 10. The van der Waals surface area contributed by atoms with Crippen molar-refractivity contribution >= 4 is 46.2 Å². The van der Waals surface area contributed by atoms with Gasteiger partial charge in [0.15, 0.2) is 5.84 Å². The van der Waals surface area contributed by atoms with E-state index in [0.29, 0.717) is 11.5 Å². The van der Waals surface area contributed by atoms with E-state index in [4.69, 9.17) is 9.84 Å². The zero-order valence-corrected chi connectivity index (χ0v) is 26.0. The van der Waals surface area contributed by atoms with Crippen molar-refractivity contribution in [3.8, 4) is 5.75 Å². The highest BCUT2D eigenvalue weighted by Crippen LogP contribution is 2.61. The molecule has 0 heterocycles. The van der Waals surface area contributed by atoms with Gasteiger partial charge in [0.25, 0.3) is 5.69 Å². The molecule has 7 nitrogen and oxygen atoms in total. The van der Waals surface area contributed by atoms with Crippen LogP contribution in [0, 0.1) is 10.1 Å². The molecule has 46 heavy (non-hydrogen) atoms. The third-order valence-electron chi connectivity index (χ3n) is 7.56. The molecule has 0 N–H and O–H groups in total. The zero-order valence-electron chi connectivity index (χ0n) is 25.1. The maximum Gasteiger partial charge on any atom is 0.269 e. The molecule has 8 heteroatoms. The van der Waals surface area contributed by atoms with Crippen molar-refractivity contribution in [1.82, 2.24) is 0 Å². The molecule has 0 radical (unpaired) electrons. The maximum atomic E-state index is 11.3. The number of methoxy groups -OCH3 is 1. The topological polar surface area (TPSA) is 82.1 Å². The second-order valence-corrected chi connectivity index (χ2v) is 13.5. The second kappa shape index (κ2) is 13.9. The van der Waals surface area contributed by atoms with E-state index >= 15 is 0 Å². The molecule has 0 unspecified atom stereocenters. The monoisotopic (exact) mass is 622 g/mol. The number of nitro benzene ring substituents is 1. The van der Waals surface area contributed by atoms with Crippen molar-refractivity contribution in [3.63, 3.8) is 0 Å². The fourth-order valence-electron chi connectivity index (χ4n) is 5.44. The minimum Gasteiger partial charge on any atom is -0.574 e. The normalized spacial score (nSPS) is 11.5. The number of anilines is 1. The molecule has 0 aliphatic heterocycles. The summed E-state index contributed by atoms with van der Waals surface area (Å²) in [6.07, 6.45) is 0. The molecule has 0 aliphatic carbocycles. The summed E-state index contributed by atoms with van der Waals surface area (Å²) < 4.78 is 7.84. The van der Waals surface area contributed by atoms with Crippen LogP contribution in [0.2, 0.25) is 0 Å². The molecule has 0 fully saturated rings. The van der Waals surface area contributed by atoms with Gasteiger partial charge < -0.3 is 15.3 Å². The Balaban J connectivity index is 1.69. The number of ether oxygens (including phenoxy) is 1. The van der Waals surface area contributed by atoms with Crippen LogP contribution in [0.15, 0.2) is 175 Å². The predicted molar refractivity (Wildman–Crippen MR) is 190 cm³/mol. The third kappa shape index (κ3) is 6.09. The van der Waals surface area contributed by atoms with E-state index in [1.165, 1.54) is 12.1 Å². The molecular weight excluding hydrogens is 591 g/mol. The number of amidine groups is 1. The van der Waals surface area contributed by atoms with Crippen molar-refractivity contribution in [2.24, 2.45) is 5.10 Å². The smallest absolute Gasteiger partial charge is 0.269 e. The van der Waals surface area contributed by atoms with Crippen LogP contribution in [-0.2, 0) is 0 Å². The summed E-state index contributed by atoms with van der Waals surface area (Å²) in [6, 6.07) is 55.7. The van der Waals surface area contributed by atoms with E-state index in [1.807, 2.05) is 60.7 Å². The molecule has 0 atom stereocenters. The van der Waals surface area contributed by atoms with Gasteiger partial charge in [0.1, 0.15) is 21.7 Å². The molecule has 6 aromatic carbocycles.